The van der Waals surface area contributed by atoms with Crippen LogP contribution in [0.15, 0.2) is 53.0 Å². The Labute approximate surface area is 133 Å². The van der Waals surface area contributed by atoms with E-state index in [2.05, 4.69) is 26.6 Å². The van der Waals surface area contributed by atoms with Gasteiger partial charge in [-0.15, -0.1) is 0 Å². The molecule has 0 radical (unpaired) electrons. The number of halogens is 4. The molecule has 2 N–H and O–H groups in total. The summed E-state index contributed by atoms with van der Waals surface area (Å²) in [4.78, 5) is 11.7. The van der Waals surface area contributed by atoms with E-state index < -0.39 is 11.7 Å². The van der Waals surface area contributed by atoms with Crippen molar-refractivity contribution < 1.29 is 18.0 Å². The van der Waals surface area contributed by atoms with Gasteiger partial charge in [0.1, 0.15) is 0 Å². The molecule has 3 nitrogen and oxygen atoms in total. The van der Waals surface area contributed by atoms with Gasteiger partial charge >= 0.3 is 6.18 Å². The maximum absolute atomic E-state index is 12.8. The van der Waals surface area contributed by atoms with Gasteiger partial charge in [0.15, 0.2) is 0 Å². The van der Waals surface area contributed by atoms with E-state index in [1.54, 1.807) is 24.3 Å². The van der Waals surface area contributed by atoms with Gasteiger partial charge < -0.3 is 10.6 Å². The van der Waals surface area contributed by atoms with Crippen LogP contribution in [0.1, 0.15) is 5.56 Å². The van der Waals surface area contributed by atoms with Gasteiger partial charge in [0.25, 0.3) is 0 Å². The second-order valence-corrected chi connectivity index (χ2v) is 5.31. The average molecular weight is 373 g/mol. The zero-order valence-electron chi connectivity index (χ0n) is 11.2. The molecule has 0 atom stereocenters. The lowest BCUT2D eigenvalue weighted by Crippen LogP contribution is -2.21. The molecule has 0 bridgehead atoms. The molecular formula is C15H12BrF3N2O. The molecular weight excluding hydrogens is 361 g/mol. The van der Waals surface area contributed by atoms with E-state index in [-0.39, 0.29) is 22.6 Å². The number of carbonyl (C=O) groups excluding carboxylic acids is 1. The molecule has 2 rings (SSSR count). The molecule has 0 saturated carbocycles. The summed E-state index contributed by atoms with van der Waals surface area (Å²) < 4.78 is 38.3. The van der Waals surface area contributed by atoms with Crippen molar-refractivity contribution in [1.29, 1.82) is 0 Å². The van der Waals surface area contributed by atoms with Crippen LogP contribution in [-0.2, 0) is 11.0 Å². The summed E-state index contributed by atoms with van der Waals surface area (Å²) in [6.45, 7) is -0.131. The van der Waals surface area contributed by atoms with Crippen molar-refractivity contribution in [3.63, 3.8) is 0 Å². The molecule has 0 spiro atoms. The highest BCUT2D eigenvalue weighted by molar-refractivity contribution is 9.10. The van der Waals surface area contributed by atoms with Crippen molar-refractivity contribution >= 4 is 33.2 Å². The van der Waals surface area contributed by atoms with Gasteiger partial charge in [-0.25, -0.2) is 0 Å². The van der Waals surface area contributed by atoms with Gasteiger partial charge in [-0.1, -0.05) is 34.1 Å². The zero-order valence-corrected chi connectivity index (χ0v) is 12.8. The van der Waals surface area contributed by atoms with Crippen LogP contribution in [0.2, 0.25) is 0 Å². The fourth-order valence-electron chi connectivity index (χ4n) is 1.76. The van der Waals surface area contributed by atoms with E-state index in [0.29, 0.717) is 5.69 Å². The normalized spacial score (nSPS) is 11.1. The fraction of sp³-hybridized carbons (Fsp3) is 0.133. The van der Waals surface area contributed by atoms with Gasteiger partial charge in [0.2, 0.25) is 5.91 Å². The van der Waals surface area contributed by atoms with E-state index in [9.17, 15) is 18.0 Å². The second-order valence-electron chi connectivity index (χ2n) is 4.46. The number of rotatable bonds is 4. The molecule has 2 aromatic rings. The van der Waals surface area contributed by atoms with Crippen molar-refractivity contribution in [3.8, 4) is 0 Å². The van der Waals surface area contributed by atoms with Gasteiger partial charge in [0.05, 0.1) is 12.1 Å². The molecule has 0 aliphatic carbocycles. The highest BCUT2D eigenvalue weighted by Gasteiger charge is 2.33. The van der Waals surface area contributed by atoms with E-state index in [1.165, 1.54) is 12.1 Å². The lowest BCUT2D eigenvalue weighted by Gasteiger charge is -2.12. The molecule has 0 heterocycles. The summed E-state index contributed by atoms with van der Waals surface area (Å²) >= 11 is 2.86. The van der Waals surface area contributed by atoms with Crippen molar-refractivity contribution in [2.75, 3.05) is 17.2 Å². The van der Waals surface area contributed by atoms with E-state index in [0.717, 1.165) is 6.07 Å². The van der Waals surface area contributed by atoms with Crippen molar-refractivity contribution in [1.82, 2.24) is 0 Å². The van der Waals surface area contributed by atoms with Crippen LogP contribution in [0.25, 0.3) is 0 Å². The molecule has 0 aromatic heterocycles. The quantitative estimate of drug-likeness (QED) is 0.828. The smallest absolute Gasteiger partial charge is 0.376 e. The number of hydrogen-bond donors (Lipinski definition) is 2. The number of para-hydroxylation sites is 1. The third-order valence-electron chi connectivity index (χ3n) is 2.78. The largest absolute Gasteiger partial charge is 0.417 e. The van der Waals surface area contributed by atoms with E-state index in [1.807, 2.05) is 6.07 Å². The number of carbonyl (C=O) groups is 1. The average Bonchev–Trinajstić information content (AvgIpc) is 2.46. The molecule has 0 aliphatic heterocycles. The van der Waals surface area contributed by atoms with Crippen LogP contribution in [-0.4, -0.2) is 12.5 Å². The van der Waals surface area contributed by atoms with Gasteiger partial charge in [-0.05, 0) is 30.3 Å². The molecule has 7 heteroatoms. The Bertz CT molecular complexity index is 660. The predicted octanol–water partition coefficient (Wildman–Crippen LogP) is 4.52. The molecule has 2 aromatic carbocycles. The molecule has 1 amide bonds. The number of anilines is 2. The van der Waals surface area contributed by atoms with E-state index >= 15 is 0 Å². The number of benzene rings is 2. The first kappa shape index (κ1) is 16.4. The second kappa shape index (κ2) is 6.83. The Morgan fingerprint density at radius 2 is 1.73 bits per heavy atom. The number of amides is 1. The SMILES string of the molecule is O=C(CNc1ccc(Br)c(C(F)(F)F)c1)Nc1ccccc1. The highest BCUT2D eigenvalue weighted by Crippen LogP contribution is 2.36. The lowest BCUT2D eigenvalue weighted by molar-refractivity contribution is -0.138. The van der Waals surface area contributed by atoms with Crippen LogP contribution in [0.5, 0.6) is 0 Å². The zero-order chi connectivity index (χ0) is 16.2. The molecule has 116 valence electrons. The summed E-state index contributed by atoms with van der Waals surface area (Å²) in [5.41, 5.74) is 0.0563. The maximum Gasteiger partial charge on any atom is 0.417 e. The summed E-state index contributed by atoms with van der Waals surface area (Å²) in [6, 6.07) is 12.5. The van der Waals surface area contributed by atoms with Crippen LogP contribution in [0.3, 0.4) is 0 Å². The van der Waals surface area contributed by atoms with Crippen molar-refractivity contribution in [2.24, 2.45) is 0 Å². The molecule has 0 saturated heterocycles. The molecule has 22 heavy (non-hydrogen) atoms. The first-order chi connectivity index (χ1) is 10.4. The third kappa shape index (κ3) is 4.49. The Morgan fingerprint density at radius 1 is 1.05 bits per heavy atom. The molecule has 0 aliphatic rings. The first-order valence-electron chi connectivity index (χ1n) is 6.32. The van der Waals surface area contributed by atoms with Gasteiger partial charge in [-0.3, -0.25) is 4.79 Å². The summed E-state index contributed by atoms with van der Waals surface area (Å²) in [5.74, 6) is -0.345. The minimum absolute atomic E-state index is 0.0423. The Kier molecular flexibility index (Phi) is 5.07. The number of nitrogens with one attached hydrogen (secondary N) is 2. The van der Waals surface area contributed by atoms with Crippen LogP contribution in [0.4, 0.5) is 24.5 Å². The third-order valence-corrected chi connectivity index (χ3v) is 3.47. The topological polar surface area (TPSA) is 41.1 Å². The molecule has 0 unspecified atom stereocenters. The molecule has 0 fully saturated rings. The Balaban J connectivity index is 1.98. The maximum atomic E-state index is 12.8. The summed E-state index contributed by atoms with van der Waals surface area (Å²) in [5, 5.41) is 5.31. The standard InChI is InChI=1S/C15H12BrF3N2O/c16-13-7-6-11(8-12(13)15(17,18)19)20-9-14(22)21-10-4-2-1-3-5-10/h1-8,20H,9H2,(H,21,22). The highest BCUT2D eigenvalue weighted by atomic mass is 79.9. The van der Waals surface area contributed by atoms with Crippen LogP contribution in [0, 0.1) is 0 Å². The first-order valence-corrected chi connectivity index (χ1v) is 7.11. The fourth-order valence-corrected chi connectivity index (χ4v) is 2.23. The minimum Gasteiger partial charge on any atom is -0.376 e. The van der Waals surface area contributed by atoms with Gasteiger partial charge in [0, 0.05) is 15.8 Å². The number of alkyl halides is 3. The summed E-state index contributed by atoms with van der Waals surface area (Å²) in [7, 11) is 0. The van der Waals surface area contributed by atoms with Crippen LogP contribution >= 0.6 is 15.9 Å². The Hall–Kier alpha value is -2.02. The van der Waals surface area contributed by atoms with Crippen molar-refractivity contribution in [2.45, 2.75) is 6.18 Å². The summed E-state index contributed by atoms with van der Waals surface area (Å²) in [6.07, 6.45) is -4.46. The minimum atomic E-state index is -4.46. The van der Waals surface area contributed by atoms with Crippen LogP contribution < -0.4 is 10.6 Å². The van der Waals surface area contributed by atoms with E-state index in [4.69, 9.17) is 0 Å². The van der Waals surface area contributed by atoms with Crippen molar-refractivity contribution in [3.05, 3.63) is 58.6 Å². The van der Waals surface area contributed by atoms with Gasteiger partial charge in [-0.2, -0.15) is 13.2 Å². The monoisotopic (exact) mass is 372 g/mol. The predicted molar refractivity (Wildman–Crippen MR) is 82.7 cm³/mol. The lowest BCUT2D eigenvalue weighted by atomic mass is 10.2. The number of hydrogen-bond acceptors (Lipinski definition) is 2. The Morgan fingerprint density at radius 3 is 2.36 bits per heavy atom.